The lowest BCUT2D eigenvalue weighted by Crippen LogP contribution is -2.08. The number of rotatable bonds is 17. The molecular formula is C24H38O4. The minimum Gasteiger partial charge on any atom is -0.478 e. The molecule has 4 heteroatoms. The van der Waals surface area contributed by atoms with Crippen molar-refractivity contribution in [2.24, 2.45) is 0 Å². The normalized spacial score (nSPS) is 10.9. The Morgan fingerprint density at radius 2 is 1.07 bits per heavy atom. The summed E-state index contributed by atoms with van der Waals surface area (Å²) < 4.78 is 0. The Balaban J connectivity index is 2.05. The van der Waals surface area contributed by atoms with Gasteiger partial charge in [0.15, 0.2) is 0 Å². The molecule has 0 amide bonds. The van der Waals surface area contributed by atoms with E-state index in [2.05, 4.69) is 6.92 Å². The highest BCUT2D eigenvalue weighted by atomic mass is 16.4. The molecule has 0 saturated carbocycles. The molecular weight excluding hydrogens is 352 g/mol. The number of carbonyl (C=O) groups is 2. The summed E-state index contributed by atoms with van der Waals surface area (Å²) in [5.41, 5.74) is 0.647. The quantitative estimate of drug-likeness (QED) is 0.278. The van der Waals surface area contributed by atoms with Gasteiger partial charge in [-0.3, -0.25) is 0 Å². The summed E-state index contributed by atoms with van der Waals surface area (Å²) in [4.78, 5) is 22.3. The molecule has 0 radical (unpaired) electrons. The van der Waals surface area contributed by atoms with E-state index in [-0.39, 0.29) is 11.1 Å². The zero-order valence-corrected chi connectivity index (χ0v) is 17.5. The molecule has 0 fully saturated rings. The molecule has 4 nitrogen and oxygen atoms in total. The first-order valence-electron chi connectivity index (χ1n) is 11.2. The van der Waals surface area contributed by atoms with Gasteiger partial charge in [-0.2, -0.15) is 0 Å². The van der Waals surface area contributed by atoms with E-state index in [4.69, 9.17) is 5.11 Å². The first kappa shape index (κ1) is 24.2. The summed E-state index contributed by atoms with van der Waals surface area (Å²) in [6.07, 6.45) is 19.1. The number of aromatic carboxylic acids is 2. The number of unbranched alkanes of at least 4 members (excludes halogenated alkanes) is 13. The fourth-order valence-electron chi connectivity index (χ4n) is 3.63. The van der Waals surface area contributed by atoms with Crippen LogP contribution in [0.3, 0.4) is 0 Å². The molecule has 2 N–H and O–H groups in total. The fraction of sp³-hybridized carbons (Fsp3) is 0.667. The largest absolute Gasteiger partial charge is 0.478 e. The van der Waals surface area contributed by atoms with Gasteiger partial charge in [0.25, 0.3) is 0 Å². The van der Waals surface area contributed by atoms with E-state index in [1.165, 1.54) is 89.2 Å². The van der Waals surface area contributed by atoms with E-state index in [1.54, 1.807) is 6.07 Å². The lowest BCUT2D eigenvalue weighted by Gasteiger charge is -2.06. The molecule has 0 atom stereocenters. The Morgan fingerprint density at radius 3 is 1.50 bits per heavy atom. The monoisotopic (exact) mass is 390 g/mol. The van der Waals surface area contributed by atoms with Gasteiger partial charge in [0, 0.05) is 0 Å². The molecule has 0 aliphatic carbocycles. The highest BCUT2D eigenvalue weighted by Crippen LogP contribution is 2.17. The molecule has 158 valence electrons. The van der Waals surface area contributed by atoms with Gasteiger partial charge in [0.05, 0.1) is 11.1 Å². The molecule has 1 aromatic rings. The van der Waals surface area contributed by atoms with Crippen LogP contribution in [0.25, 0.3) is 0 Å². The average molecular weight is 391 g/mol. The second kappa shape index (κ2) is 15.1. The summed E-state index contributed by atoms with van der Waals surface area (Å²) in [6, 6.07) is 4.65. The standard InChI is InChI=1S/C24H38O4/c1-2-3-4-5-6-7-8-9-10-11-12-13-14-15-16-20-17-18-21(23(25)26)22(19-20)24(27)28/h17-19H,2-16H2,1H3,(H,25,26)(H,27,28). The van der Waals surface area contributed by atoms with Crippen LogP contribution in [-0.2, 0) is 6.42 Å². The number of carboxylic acid groups (broad SMARTS) is 2. The maximum atomic E-state index is 11.2. The maximum Gasteiger partial charge on any atom is 0.336 e. The molecule has 28 heavy (non-hydrogen) atoms. The van der Waals surface area contributed by atoms with Crippen LogP contribution in [0.15, 0.2) is 18.2 Å². The zero-order chi connectivity index (χ0) is 20.6. The predicted octanol–water partition coefficient (Wildman–Crippen LogP) is 7.11. The van der Waals surface area contributed by atoms with E-state index >= 15 is 0 Å². The first-order chi connectivity index (χ1) is 13.6. The minimum absolute atomic E-state index is 0.115. The summed E-state index contributed by atoms with van der Waals surface area (Å²) >= 11 is 0. The van der Waals surface area contributed by atoms with Gasteiger partial charge in [0.1, 0.15) is 0 Å². The Hall–Kier alpha value is -1.84. The van der Waals surface area contributed by atoms with Crippen LogP contribution in [-0.4, -0.2) is 22.2 Å². The molecule has 0 saturated heterocycles. The molecule has 0 spiro atoms. The van der Waals surface area contributed by atoms with Gasteiger partial charge in [-0.1, -0.05) is 96.5 Å². The van der Waals surface area contributed by atoms with Crippen molar-refractivity contribution < 1.29 is 19.8 Å². The van der Waals surface area contributed by atoms with E-state index in [0.29, 0.717) is 0 Å². The van der Waals surface area contributed by atoms with Crippen molar-refractivity contribution >= 4 is 11.9 Å². The fourth-order valence-corrected chi connectivity index (χ4v) is 3.63. The third-order valence-corrected chi connectivity index (χ3v) is 5.36. The summed E-state index contributed by atoms with van der Waals surface area (Å²) in [6.45, 7) is 2.26. The Kier molecular flexibility index (Phi) is 13.1. The number of hydrogen-bond acceptors (Lipinski definition) is 2. The van der Waals surface area contributed by atoms with Crippen molar-refractivity contribution in [1.29, 1.82) is 0 Å². The molecule has 1 rings (SSSR count). The van der Waals surface area contributed by atoms with Gasteiger partial charge in [-0.25, -0.2) is 9.59 Å². The van der Waals surface area contributed by atoms with Crippen LogP contribution in [0.4, 0.5) is 0 Å². The van der Waals surface area contributed by atoms with Gasteiger partial charge in [-0.05, 0) is 30.5 Å². The third-order valence-electron chi connectivity index (χ3n) is 5.36. The van der Waals surface area contributed by atoms with Crippen LogP contribution in [0.1, 0.15) is 123 Å². The molecule has 0 heterocycles. The first-order valence-corrected chi connectivity index (χ1v) is 11.2. The third kappa shape index (κ3) is 10.5. The second-order valence-corrected chi connectivity index (χ2v) is 7.84. The molecule has 0 unspecified atom stereocenters. The summed E-state index contributed by atoms with van der Waals surface area (Å²) in [7, 11) is 0. The van der Waals surface area contributed by atoms with E-state index in [9.17, 15) is 14.7 Å². The Labute approximate surface area is 170 Å². The Morgan fingerprint density at radius 1 is 0.643 bits per heavy atom. The highest BCUT2D eigenvalue weighted by Gasteiger charge is 2.16. The van der Waals surface area contributed by atoms with Gasteiger partial charge in [0.2, 0.25) is 0 Å². The van der Waals surface area contributed by atoms with Gasteiger partial charge < -0.3 is 10.2 Å². The smallest absolute Gasteiger partial charge is 0.336 e. The maximum absolute atomic E-state index is 11.2. The van der Waals surface area contributed by atoms with Crippen LogP contribution < -0.4 is 0 Å². The molecule has 1 aromatic carbocycles. The van der Waals surface area contributed by atoms with Crippen molar-refractivity contribution in [3.63, 3.8) is 0 Å². The van der Waals surface area contributed by atoms with Crippen molar-refractivity contribution in [3.8, 4) is 0 Å². The van der Waals surface area contributed by atoms with Crippen LogP contribution >= 0.6 is 0 Å². The van der Waals surface area contributed by atoms with Crippen molar-refractivity contribution in [2.45, 2.75) is 103 Å². The topological polar surface area (TPSA) is 74.6 Å². The average Bonchev–Trinajstić information content (AvgIpc) is 2.68. The molecule has 0 aliphatic heterocycles. The summed E-state index contributed by atoms with van der Waals surface area (Å²) in [5.74, 6) is -2.37. The van der Waals surface area contributed by atoms with Crippen LogP contribution in [0.2, 0.25) is 0 Å². The highest BCUT2D eigenvalue weighted by molar-refractivity contribution is 6.01. The number of aryl methyl sites for hydroxylation is 1. The summed E-state index contributed by atoms with van der Waals surface area (Å²) in [5, 5.41) is 18.2. The number of carboxylic acids is 2. The van der Waals surface area contributed by atoms with Crippen LogP contribution in [0, 0.1) is 0 Å². The van der Waals surface area contributed by atoms with Crippen molar-refractivity contribution in [3.05, 3.63) is 34.9 Å². The van der Waals surface area contributed by atoms with E-state index in [1.807, 2.05) is 0 Å². The Bertz CT molecular complexity index is 580. The van der Waals surface area contributed by atoms with Gasteiger partial charge in [-0.15, -0.1) is 0 Å². The van der Waals surface area contributed by atoms with E-state index < -0.39 is 11.9 Å². The van der Waals surface area contributed by atoms with Gasteiger partial charge >= 0.3 is 11.9 Å². The van der Waals surface area contributed by atoms with Crippen molar-refractivity contribution in [1.82, 2.24) is 0 Å². The zero-order valence-electron chi connectivity index (χ0n) is 17.5. The SMILES string of the molecule is CCCCCCCCCCCCCCCCc1ccc(C(=O)O)c(C(=O)O)c1. The van der Waals surface area contributed by atoms with Crippen molar-refractivity contribution in [2.75, 3.05) is 0 Å². The number of benzene rings is 1. The minimum atomic E-state index is -1.19. The second-order valence-electron chi connectivity index (χ2n) is 7.84. The predicted molar refractivity (Wildman–Crippen MR) is 114 cm³/mol. The molecule has 0 aliphatic rings. The molecule has 0 bridgehead atoms. The lowest BCUT2D eigenvalue weighted by atomic mass is 9.99. The van der Waals surface area contributed by atoms with E-state index in [0.717, 1.165) is 24.8 Å². The molecule has 0 aromatic heterocycles. The number of hydrogen-bond donors (Lipinski definition) is 2. The van der Waals surface area contributed by atoms with Crippen LogP contribution in [0.5, 0.6) is 0 Å². The lowest BCUT2D eigenvalue weighted by molar-refractivity contribution is 0.0651.